The highest BCUT2D eigenvalue weighted by Crippen LogP contribution is 2.21. The first kappa shape index (κ1) is 15.9. The van der Waals surface area contributed by atoms with E-state index in [4.69, 9.17) is 9.84 Å². The smallest absolute Gasteiger partial charge is 0.328 e. The molecule has 0 fully saturated rings. The lowest BCUT2D eigenvalue weighted by molar-refractivity contribution is -0.143. The fraction of sp³-hybridized carbons (Fsp3) is 0.833. The molecule has 1 amide bonds. The van der Waals surface area contributed by atoms with Crippen molar-refractivity contribution in [3.63, 3.8) is 0 Å². The van der Waals surface area contributed by atoms with Crippen LogP contribution < -0.4 is 5.32 Å². The Morgan fingerprint density at radius 2 is 1.94 bits per heavy atom. The number of carbonyl (C=O) groups excluding carboxylic acids is 1. The van der Waals surface area contributed by atoms with E-state index in [1.54, 1.807) is 0 Å². The summed E-state index contributed by atoms with van der Waals surface area (Å²) in [6.45, 7) is 6.31. The molecule has 0 aliphatic carbocycles. The van der Waals surface area contributed by atoms with Crippen LogP contribution in [0.3, 0.4) is 0 Å². The number of carboxylic acids is 1. The van der Waals surface area contributed by atoms with Crippen LogP contribution in [0.25, 0.3) is 0 Å². The van der Waals surface area contributed by atoms with Gasteiger partial charge in [0.05, 0.1) is 6.61 Å². The Labute approximate surface area is 103 Å². The quantitative estimate of drug-likeness (QED) is 0.711. The second kappa shape index (κ2) is 7.27. The van der Waals surface area contributed by atoms with Gasteiger partial charge in [-0.05, 0) is 18.3 Å². The van der Waals surface area contributed by atoms with Gasteiger partial charge in [0.2, 0.25) is 5.91 Å². The van der Waals surface area contributed by atoms with Gasteiger partial charge in [-0.3, -0.25) is 4.79 Å². The van der Waals surface area contributed by atoms with Crippen LogP contribution in [0.2, 0.25) is 0 Å². The van der Waals surface area contributed by atoms with E-state index in [9.17, 15) is 9.59 Å². The maximum absolute atomic E-state index is 11.5. The van der Waals surface area contributed by atoms with Crippen molar-refractivity contribution in [2.75, 3.05) is 13.7 Å². The molecule has 0 aromatic rings. The van der Waals surface area contributed by atoms with Crippen LogP contribution in [-0.4, -0.2) is 36.7 Å². The van der Waals surface area contributed by atoms with Gasteiger partial charge in [0.15, 0.2) is 6.04 Å². The molecule has 17 heavy (non-hydrogen) atoms. The Morgan fingerprint density at radius 3 is 2.35 bits per heavy atom. The third-order valence-corrected chi connectivity index (χ3v) is 2.30. The summed E-state index contributed by atoms with van der Waals surface area (Å²) in [6.07, 6.45) is 2.04. The zero-order valence-electron chi connectivity index (χ0n) is 11.1. The fourth-order valence-electron chi connectivity index (χ4n) is 1.39. The third-order valence-electron chi connectivity index (χ3n) is 2.30. The van der Waals surface area contributed by atoms with Gasteiger partial charge in [0.25, 0.3) is 0 Å². The van der Waals surface area contributed by atoms with Crippen molar-refractivity contribution >= 4 is 11.9 Å². The molecular formula is C12H23NO4. The lowest BCUT2D eigenvalue weighted by Gasteiger charge is -2.18. The second-order valence-electron chi connectivity index (χ2n) is 5.33. The second-order valence-corrected chi connectivity index (χ2v) is 5.33. The van der Waals surface area contributed by atoms with Gasteiger partial charge in [0, 0.05) is 13.5 Å². The van der Waals surface area contributed by atoms with Gasteiger partial charge in [-0.2, -0.15) is 0 Å². The lowest BCUT2D eigenvalue weighted by Crippen LogP contribution is -2.43. The summed E-state index contributed by atoms with van der Waals surface area (Å²) < 4.78 is 4.73. The molecule has 1 atom stereocenters. The summed E-state index contributed by atoms with van der Waals surface area (Å²) in [6, 6.07) is -0.956. The molecule has 5 nitrogen and oxygen atoms in total. The van der Waals surface area contributed by atoms with E-state index >= 15 is 0 Å². The topological polar surface area (TPSA) is 75.6 Å². The average molecular weight is 245 g/mol. The van der Waals surface area contributed by atoms with Crippen LogP contribution >= 0.6 is 0 Å². The zero-order chi connectivity index (χ0) is 13.5. The molecule has 0 aromatic carbocycles. The first-order valence-corrected chi connectivity index (χ1v) is 5.77. The number of carboxylic acid groups (broad SMARTS) is 1. The molecule has 0 saturated heterocycles. The number of nitrogens with one attached hydrogen (secondary N) is 1. The Kier molecular flexibility index (Phi) is 6.80. The van der Waals surface area contributed by atoms with Gasteiger partial charge in [-0.25, -0.2) is 4.79 Å². The Bertz CT molecular complexity index is 258. The van der Waals surface area contributed by atoms with E-state index in [-0.39, 0.29) is 17.9 Å². The lowest BCUT2D eigenvalue weighted by atomic mass is 9.90. The number of methoxy groups -OCH3 is 1. The molecule has 100 valence electrons. The monoisotopic (exact) mass is 245 g/mol. The standard InChI is InChI=1S/C12H23NO4/c1-12(2,3)7-5-6-10(14)13-9(8-17-4)11(15)16/h9H,5-8H2,1-4H3,(H,13,14)(H,15,16). The van der Waals surface area contributed by atoms with Crippen molar-refractivity contribution in [1.29, 1.82) is 0 Å². The summed E-state index contributed by atoms with van der Waals surface area (Å²) in [5.74, 6) is -1.31. The Morgan fingerprint density at radius 1 is 1.35 bits per heavy atom. The normalized spacial score (nSPS) is 13.2. The molecular weight excluding hydrogens is 222 g/mol. The minimum absolute atomic E-state index is 0.0135. The molecule has 2 N–H and O–H groups in total. The zero-order valence-corrected chi connectivity index (χ0v) is 11.1. The van der Waals surface area contributed by atoms with Crippen LogP contribution in [-0.2, 0) is 14.3 Å². The summed E-state index contributed by atoms with van der Waals surface area (Å²) in [5, 5.41) is 11.3. The number of carbonyl (C=O) groups is 2. The van der Waals surface area contributed by atoms with Crippen molar-refractivity contribution in [2.24, 2.45) is 5.41 Å². The fourth-order valence-corrected chi connectivity index (χ4v) is 1.39. The van der Waals surface area contributed by atoms with Crippen LogP contribution in [0.1, 0.15) is 40.0 Å². The first-order chi connectivity index (χ1) is 7.76. The van der Waals surface area contributed by atoms with E-state index in [1.165, 1.54) is 7.11 Å². The molecule has 0 rings (SSSR count). The van der Waals surface area contributed by atoms with Gasteiger partial charge >= 0.3 is 5.97 Å². The number of amides is 1. The molecule has 5 heteroatoms. The number of ether oxygens (including phenoxy) is 1. The number of rotatable bonds is 7. The third kappa shape index (κ3) is 8.68. The molecule has 0 spiro atoms. The van der Waals surface area contributed by atoms with Crippen molar-refractivity contribution in [3.05, 3.63) is 0 Å². The summed E-state index contributed by atoms with van der Waals surface area (Å²) in [7, 11) is 1.40. The Balaban J connectivity index is 3.95. The predicted molar refractivity (Wildman–Crippen MR) is 64.7 cm³/mol. The molecule has 0 bridgehead atoms. The maximum Gasteiger partial charge on any atom is 0.328 e. The van der Waals surface area contributed by atoms with E-state index in [0.717, 1.165) is 12.8 Å². The molecule has 0 aliphatic rings. The van der Waals surface area contributed by atoms with Gasteiger partial charge in [0.1, 0.15) is 0 Å². The maximum atomic E-state index is 11.5. The van der Waals surface area contributed by atoms with Crippen LogP contribution in [0.5, 0.6) is 0 Å². The molecule has 1 unspecified atom stereocenters. The van der Waals surface area contributed by atoms with Gasteiger partial charge < -0.3 is 15.2 Å². The van der Waals surface area contributed by atoms with E-state index in [2.05, 4.69) is 26.1 Å². The van der Waals surface area contributed by atoms with Crippen LogP contribution in [0, 0.1) is 5.41 Å². The molecule has 0 aliphatic heterocycles. The van der Waals surface area contributed by atoms with E-state index in [1.807, 2.05) is 0 Å². The summed E-state index contributed by atoms with van der Waals surface area (Å²) in [5.41, 5.74) is 0.193. The van der Waals surface area contributed by atoms with Gasteiger partial charge in [-0.1, -0.05) is 20.8 Å². The summed E-state index contributed by atoms with van der Waals surface area (Å²) >= 11 is 0. The highest BCUT2D eigenvalue weighted by molar-refractivity contribution is 5.83. The number of aliphatic carboxylic acids is 1. The van der Waals surface area contributed by atoms with Crippen molar-refractivity contribution in [2.45, 2.75) is 46.1 Å². The average Bonchev–Trinajstić information content (AvgIpc) is 2.14. The highest BCUT2D eigenvalue weighted by Gasteiger charge is 2.19. The van der Waals surface area contributed by atoms with E-state index in [0.29, 0.717) is 6.42 Å². The molecule has 0 saturated carbocycles. The molecule has 0 aromatic heterocycles. The predicted octanol–water partition coefficient (Wildman–Crippen LogP) is 1.42. The van der Waals surface area contributed by atoms with Crippen LogP contribution in [0.4, 0.5) is 0 Å². The minimum atomic E-state index is -1.07. The summed E-state index contributed by atoms with van der Waals surface area (Å²) in [4.78, 5) is 22.3. The highest BCUT2D eigenvalue weighted by atomic mass is 16.5. The van der Waals surface area contributed by atoms with Crippen molar-refractivity contribution < 1.29 is 19.4 Å². The minimum Gasteiger partial charge on any atom is -0.480 e. The Hall–Kier alpha value is -1.10. The van der Waals surface area contributed by atoms with Crippen molar-refractivity contribution in [1.82, 2.24) is 5.32 Å². The van der Waals surface area contributed by atoms with Crippen molar-refractivity contribution in [3.8, 4) is 0 Å². The SMILES string of the molecule is COCC(NC(=O)CCCC(C)(C)C)C(=O)O. The number of hydrogen-bond acceptors (Lipinski definition) is 3. The van der Waals surface area contributed by atoms with E-state index < -0.39 is 12.0 Å². The van der Waals surface area contributed by atoms with Crippen LogP contribution in [0.15, 0.2) is 0 Å². The largest absolute Gasteiger partial charge is 0.480 e. The van der Waals surface area contributed by atoms with Gasteiger partial charge in [-0.15, -0.1) is 0 Å². The number of hydrogen-bond donors (Lipinski definition) is 2. The first-order valence-electron chi connectivity index (χ1n) is 5.77. The molecule has 0 heterocycles. The molecule has 0 radical (unpaired) electrons.